The van der Waals surface area contributed by atoms with Gasteiger partial charge in [0.15, 0.2) is 0 Å². The highest BCUT2D eigenvalue weighted by Gasteiger charge is 2.46. The molecule has 1 fully saturated rings. The molecule has 56 heavy (non-hydrogen) atoms. The molecule has 0 amide bonds. The van der Waals surface area contributed by atoms with Crippen molar-refractivity contribution in [3.8, 4) is 12.3 Å². The van der Waals surface area contributed by atoms with E-state index in [2.05, 4.69) is 5.92 Å². The van der Waals surface area contributed by atoms with E-state index in [0.717, 1.165) is 21.3 Å². The van der Waals surface area contributed by atoms with E-state index in [1.807, 2.05) is 6.92 Å². The van der Waals surface area contributed by atoms with Gasteiger partial charge in [-0.15, -0.1) is 12.3 Å². The SMILES string of the molecule is C#CCCCCOP(=O)(OC)OCCCOP(=O)(OC)OCCCOP(=O)(OC)OCCCOP(=O)(OC)OCCCO[P+](O)(OC)OCC1OC(C)CC1O. The molecule has 0 radical (unpaired) electrons. The Labute approximate surface area is 330 Å². The van der Waals surface area contributed by atoms with Crippen LogP contribution in [0.1, 0.15) is 58.3 Å². The summed E-state index contributed by atoms with van der Waals surface area (Å²) in [7, 11) is -13.6. The van der Waals surface area contributed by atoms with Crippen LogP contribution >= 0.6 is 39.5 Å². The molecule has 0 aliphatic carbocycles. The van der Waals surface area contributed by atoms with Crippen LogP contribution in [0.25, 0.3) is 0 Å². The maximum atomic E-state index is 12.8. The fourth-order valence-electron chi connectivity index (χ4n) is 4.12. The highest BCUT2D eigenvalue weighted by atomic mass is 31.2. The second-order valence-corrected chi connectivity index (χ2v) is 20.3. The predicted octanol–water partition coefficient (Wildman–Crippen LogP) is 6.39. The molecule has 0 aromatic carbocycles. The molecule has 1 aliphatic heterocycles. The number of aliphatic hydroxyl groups excluding tert-OH is 1. The first kappa shape index (κ1) is 54.2. The third kappa shape index (κ3) is 23.3. The molecule has 1 heterocycles. The van der Waals surface area contributed by atoms with Crippen molar-refractivity contribution in [2.75, 3.05) is 102 Å². The average Bonchev–Trinajstić information content (AvgIpc) is 3.52. The molecule has 27 heteroatoms. The number of phosphoric acid groups is 4. The van der Waals surface area contributed by atoms with Gasteiger partial charge in [-0.1, -0.05) is 0 Å². The Morgan fingerprint density at radius 1 is 0.607 bits per heavy atom. The van der Waals surface area contributed by atoms with Crippen LogP contribution in [0.2, 0.25) is 0 Å². The second-order valence-electron chi connectivity index (χ2n) is 11.3. The molecule has 0 bridgehead atoms. The minimum Gasteiger partial charge on any atom is -0.390 e. The normalized spacial score (nSPS) is 22.7. The van der Waals surface area contributed by atoms with Crippen molar-refractivity contribution in [1.29, 1.82) is 0 Å². The van der Waals surface area contributed by atoms with Crippen LogP contribution in [-0.2, 0) is 90.9 Å². The Hall–Kier alpha value is 0.190. The van der Waals surface area contributed by atoms with Crippen LogP contribution in [0.3, 0.4) is 0 Å². The summed E-state index contributed by atoms with van der Waals surface area (Å²) in [5, 5.41) is 9.97. The lowest BCUT2D eigenvalue weighted by molar-refractivity contribution is -0.0260. The van der Waals surface area contributed by atoms with Gasteiger partial charge in [0, 0.05) is 41.3 Å². The summed E-state index contributed by atoms with van der Waals surface area (Å²) in [5.41, 5.74) is 0. The van der Waals surface area contributed by atoms with Gasteiger partial charge in [-0.25, -0.2) is 18.3 Å². The molecule has 0 saturated carbocycles. The molecule has 1 aliphatic rings. The lowest BCUT2D eigenvalue weighted by atomic mass is 10.1. The van der Waals surface area contributed by atoms with E-state index in [4.69, 9.17) is 79.0 Å². The third-order valence-electron chi connectivity index (χ3n) is 7.06. The number of hydrogen-bond donors (Lipinski definition) is 2. The fraction of sp³-hybridized carbons (Fsp3) is 0.931. The van der Waals surface area contributed by atoms with Crippen LogP contribution in [0, 0.1) is 12.3 Å². The van der Waals surface area contributed by atoms with Gasteiger partial charge in [-0.3, -0.25) is 54.3 Å². The summed E-state index contributed by atoms with van der Waals surface area (Å²) in [6.45, 7) is 0.633. The number of aliphatic hydroxyl groups is 1. The van der Waals surface area contributed by atoms with Gasteiger partial charge in [0.05, 0.1) is 72.2 Å². The van der Waals surface area contributed by atoms with Gasteiger partial charge in [0.25, 0.3) is 0 Å². The van der Waals surface area contributed by atoms with E-state index in [1.165, 1.54) is 14.2 Å². The Balaban J connectivity index is 2.27. The van der Waals surface area contributed by atoms with Crippen LogP contribution < -0.4 is 0 Å². The summed E-state index contributed by atoms with van der Waals surface area (Å²) in [6.07, 6.45) is 6.47. The molecule has 1 saturated heterocycles. The van der Waals surface area contributed by atoms with Crippen LogP contribution in [0.4, 0.5) is 0 Å². The van der Waals surface area contributed by atoms with Gasteiger partial charge in [-0.2, -0.15) is 18.5 Å². The first-order valence-corrected chi connectivity index (χ1v) is 24.9. The van der Waals surface area contributed by atoms with Crippen LogP contribution in [0.15, 0.2) is 0 Å². The Bertz CT molecular complexity index is 1290. The quantitative estimate of drug-likeness (QED) is 0.0389. The summed E-state index contributed by atoms with van der Waals surface area (Å²) in [4.78, 5) is 10.5. The lowest BCUT2D eigenvalue weighted by Gasteiger charge is -2.19. The third-order valence-corrected chi connectivity index (χ3v) is 14.3. The zero-order valence-electron chi connectivity index (χ0n) is 32.8. The van der Waals surface area contributed by atoms with Gasteiger partial charge < -0.3 is 9.84 Å². The summed E-state index contributed by atoms with van der Waals surface area (Å²) in [6, 6.07) is 0. The molecule has 8 atom stereocenters. The maximum Gasteiger partial charge on any atom is 0.572 e. The zero-order valence-corrected chi connectivity index (χ0v) is 37.3. The standard InChI is InChI=1S/C29H60O22P5/c1-8-9-10-11-16-41-52(31,36-3)42-17-12-18-43-53(32,37-4)44-19-13-20-45-54(33,38-5)46-21-14-22-47-55(34,39-6)48-23-15-24-49-56(35,40-7)50-26-29-28(30)25-27(2)51-29/h1,27-30,35H,9-26H2,2-7H3/q+1. The fourth-order valence-corrected chi connectivity index (χ4v) is 9.07. The van der Waals surface area contributed by atoms with Gasteiger partial charge in [0.1, 0.15) is 19.3 Å². The zero-order chi connectivity index (χ0) is 42.0. The molecule has 0 aromatic rings. The van der Waals surface area contributed by atoms with Gasteiger partial charge >= 0.3 is 39.5 Å². The predicted molar refractivity (Wildman–Crippen MR) is 200 cm³/mol. The molecule has 22 nitrogen and oxygen atoms in total. The lowest BCUT2D eigenvalue weighted by Crippen LogP contribution is -2.27. The highest BCUT2D eigenvalue weighted by molar-refractivity contribution is 7.55. The van der Waals surface area contributed by atoms with E-state index in [9.17, 15) is 28.3 Å². The van der Waals surface area contributed by atoms with Crippen molar-refractivity contribution in [1.82, 2.24) is 0 Å². The summed E-state index contributed by atoms with van der Waals surface area (Å²) < 4.78 is 133. The van der Waals surface area contributed by atoms with Crippen molar-refractivity contribution in [3.05, 3.63) is 0 Å². The minimum atomic E-state index is -4.00. The Kier molecular flexibility index (Phi) is 28.5. The molecule has 332 valence electrons. The number of terminal acetylenes is 1. The Morgan fingerprint density at radius 3 is 1.27 bits per heavy atom. The van der Waals surface area contributed by atoms with Gasteiger partial charge in [0.2, 0.25) is 0 Å². The van der Waals surface area contributed by atoms with Crippen molar-refractivity contribution >= 4 is 39.5 Å². The molecule has 2 N–H and O–H groups in total. The number of phosphoric ester groups is 4. The largest absolute Gasteiger partial charge is 0.572 e. The smallest absolute Gasteiger partial charge is 0.390 e. The van der Waals surface area contributed by atoms with E-state index >= 15 is 0 Å². The molecule has 1 rings (SSSR count). The first-order chi connectivity index (χ1) is 26.6. The number of hydrogen-bond acceptors (Lipinski definition) is 22. The van der Waals surface area contributed by atoms with E-state index < -0.39 is 51.7 Å². The summed E-state index contributed by atoms with van der Waals surface area (Å²) >= 11 is 0. The minimum absolute atomic E-state index is 0.0864. The van der Waals surface area contributed by atoms with Crippen molar-refractivity contribution < 1.29 is 101 Å². The van der Waals surface area contributed by atoms with Crippen LogP contribution in [-0.4, -0.2) is 130 Å². The monoisotopic (exact) mass is 915 g/mol. The molecule has 8 unspecified atom stereocenters. The van der Waals surface area contributed by atoms with Crippen molar-refractivity contribution in [2.24, 2.45) is 0 Å². The van der Waals surface area contributed by atoms with E-state index in [0.29, 0.717) is 25.7 Å². The molecule has 0 aromatic heterocycles. The van der Waals surface area contributed by atoms with E-state index in [-0.39, 0.29) is 97.9 Å². The topological polar surface area (TPSA) is 256 Å². The summed E-state index contributed by atoms with van der Waals surface area (Å²) in [5.74, 6) is 2.50. The maximum absolute atomic E-state index is 12.8. The molecular weight excluding hydrogens is 855 g/mol. The number of unbranched alkanes of at least 4 members (excludes halogenated alkanes) is 2. The van der Waals surface area contributed by atoms with Crippen molar-refractivity contribution in [2.45, 2.75) is 76.6 Å². The molecule has 0 spiro atoms. The van der Waals surface area contributed by atoms with Crippen molar-refractivity contribution in [3.63, 3.8) is 0 Å². The average molecular weight is 916 g/mol. The second kappa shape index (κ2) is 29.4. The number of ether oxygens (including phenoxy) is 1. The Morgan fingerprint density at radius 2 is 0.964 bits per heavy atom. The highest BCUT2D eigenvalue weighted by Crippen LogP contribution is 2.58. The van der Waals surface area contributed by atoms with E-state index in [1.54, 1.807) is 0 Å². The molecular formula is C29H60O22P5+. The van der Waals surface area contributed by atoms with Gasteiger partial charge in [-0.05, 0) is 45.4 Å². The number of rotatable bonds is 37. The first-order valence-electron chi connectivity index (χ1n) is 17.6. The van der Waals surface area contributed by atoms with Crippen LogP contribution in [0.5, 0.6) is 0 Å².